The van der Waals surface area contributed by atoms with Crippen LogP contribution in [-0.2, 0) is 122 Å². The highest BCUT2D eigenvalue weighted by Crippen LogP contribution is 2.27. The minimum atomic E-state index is -0.857. The van der Waals surface area contributed by atoms with Crippen LogP contribution in [-0.4, -0.2) is 190 Å². The zero-order valence-corrected chi connectivity index (χ0v) is 87.9. The minimum Gasteiger partial charge on any atom is -0.460 e. The van der Waals surface area contributed by atoms with Crippen LogP contribution in [0.4, 0.5) is 25.8 Å². The number of unbranched alkanes of at least 4 members (excludes halogenated alkanes) is 6. The minimum absolute atomic E-state index is 0.0115. The Morgan fingerprint density at radius 3 is 1.09 bits per heavy atom. The van der Waals surface area contributed by atoms with Gasteiger partial charge in [0.15, 0.2) is 17.3 Å². The Kier molecular flexibility index (Phi) is 59.1. The van der Waals surface area contributed by atoms with Crippen LogP contribution in [0.1, 0.15) is 267 Å². The maximum Gasteiger partial charge on any atom is 0.312 e. The number of nitrogens with zero attached hydrogens (tertiary/aromatic N) is 1. The van der Waals surface area contributed by atoms with E-state index in [1.165, 1.54) is 0 Å². The average Bonchev–Trinajstić information content (AvgIpc) is 1.15. The van der Waals surface area contributed by atoms with Crippen molar-refractivity contribution in [3.8, 4) is 0 Å². The van der Waals surface area contributed by atoms with Gasteiger partial charge in [-0.3, -0.25) is 86.4 Å². The normalized spacial score (nSPS) is 13.0. The Labute approximate surface area is 845 Å². The molecule has 0 fully saturated rings. The molecule has 3 aromatic carbocycles. The van der Waals surface area contributed by atoms with E-state index in [0.717, 1.165) is 53.0 Å². The van der Waals surface area contributed by atoms with Gasteiger partial charge in [0.25, 0.3) is 11.8 Å². The zero-order chi connectivity index (χ0) is 105. The summed E-state index contributed by atoms with van der Waals surface area (Å²) in [6.07, 6.45) is 11.5. The van der Waals surface area contributed by atoms with Gasteiger partial charge in [-0.05, 0) is 204 Å². The molecule has 0 saturated carbocycles. The largest absolute Gasteiger partial charge is 0.460 e. The number of hydrogen-bond acceptors (Lipinski definition) is 23. The lowest BCUT2D eigenvalue weighted by molar-refractivity contribution is -0.155. The fourth-order valence-electron chi connectivity index (χ4n) is 13.7. The van der Waals surface area contributed by atoms with Gasteiger partial charge in [0, 0.05) is 125 Å². The van der Waals surface area contributed by atoms with Gasteiger partial charge in [-0.2, -0.15) is 0 Å². The molecule has 778 valence electrons. The Bertz CT molecular complexity index is 4580. The number of ether oxygens (including phenoxy) is 3. The number of carbonyl (C=O) groups is 20. The average molecular weight is 2140 g/mol. The third-order valence-corrected chi connectivity index (χ3v) is 23.4. The zero-order valence-electron chi connectivity index (χ0n) is 84.1. The van der Waals surface area contributed by atoms with Crippen molar-refractivity contribution < 1.29 is 110 Å². The Balaban J connectivity index is 0.000000713. The van der Waals surface area contributed by atoms with E-state index in [-0.39, 0.29) is 191 Å². The first-order valence-electron chi connectivity index (χ1n) is 47.9. The number of imide groups is 1. The first kappa shape index (κ1) is 125. The number of anilines is 2. The molecule has 140 heavy (non-hydrogen) atoms. The molecule has 0 radical (unpaired) electrons. The molecule has 39 heteroatoms. The molecule has 37 nitrogen and oxygen atoms in total. The number of primary amides is 3. The number of alkyl halides is 2. The molecule has 0 spiro atoms. The molecule has 0 bridgehead atoms. The summed E-state index contributed by atoms with van der Waals surface area (Å²) >= 11 is 5.13. The number of amides is 15. The van der Waals surface area contributed by atoms with Gasteiger partial charge in [-0.1, -0.05) is 148 Å². The van der Waals surface area contributed by atoms with Gasteiger partial charge in [0.2, 0.25) is 41.4 Å². The molecule has 0 saturated heterocycles. The number of hydrogen-bond donors (Lipinski definition) is 13. The standard InChI is InChI=1S/C37H53N5O9.C33H51BrN4O7.C31H48IN5O7/c1-24(2)28(21-27(43)10-7-6-8-18-39-31(45)22-42-32(46)16-17-33(42)47)34(48)41-29(11-9-19-40-36(38)50)30(44)20-25-12-14-26(15-13-25)23-51-35(49)37(3,4)5;1-22(2)29(38-28(41)13-9-7-6-8-12-26(39)20-34)27(40)19-24(11-10-18-36-32(35)44)30(42)37-25-16-14-23(15-17-25)21-45-31(43)33(3,4)5;1-20(2)27(37-25(39)10-6-7-15-34-26(40)18-32)24(38)17-22(9-8-16-35-30(33)43)28(41)36-23-13-11-21(12-14-23)19-44-29(42)31(3,4)5/h12-17,24,28-29H,6-11,18-23H2,1-5H3,(H,39,45)(H,41,48)(H3,38,40,50);14-17,22,24,29H,6-13,18-21H2,1-5H3,(H,37,42)(H,38,41)(H3,35,36,44);11-14,20,22,27H,6-10,15-19H2,1-5H3,(H,34,40)(H,36,41)(H,37,39)(H3,33,35,43)/t28-,29-;24-,29+;22-,27+/m011/s1. The molecule has 3 aromatic rings. The summed E-state index contributed by atoms with van der Waals surface area (Å²) in [7, 11) is 0. The number of benzene rings is 3. The fraction of sp³-hybridized carbons (Fsp3) is 0.604. The summed E-state index contributed by atoms with van der Waals surface area (Å²) in [5.41, 5.74) is 17.6. The van der Waals surface area contributed by atoms with Gasteiger partial charge in [-0.25, -0.2) is 14.4 Å². The van der Waals surface area contributed by atoms with Crippen molar-refractivity contribution in [1.82, 2.24) is 47.4 Å². The molecule has 15 amide bonds. The van der Waals surface area contributed by atoms with Crippen molar-refractivity contribution in [2.45, 2.75) is 289 Å². The monoisotopic (exact) mass is 2130 g/mol. The molecule has 1 aliphatic rings. The first-order chi connectivity index (χ1) is 65.7. The predicted octanol–water partition coefficient (Wildman–Crippen LogP) is 11.4. The third-order valence-electron chi connectivity index (χ3n) is 22.1. The number of esters is 3. The Morgan fingerprint density at radius 1 is 0.379 bits per heavy atom. The maximum absolute atomic E-state index is 13.5. The molecular weight excluding hydrogens is 1980 g/mol. The lowest BCUT2D eigenvalue weighted by atomic mass is 9.88. The lowest BCUT2D eigenvalue weighted by Gasteiger charge is -2.24. The summed E-state index contributed by atoms with van der Waals surface area (Å²) in [5, 5.41) is 27.5. The van der Waals surface area contributed by atoms with Crippen LogP contribution >= 0.6 is 38.5 Å². The number of carbonyl (C=O) groups excluding carboxylic acids is 20. The van der Waals surface area contributed by atoms with Gasteiger partial charge >= 0.3 is 36.0 Å². The second-order valence-electron chi connectivity index (χ2n) is 38.9. The van der Waals surface area contributed by atoms with Crippen LogP contribution in [0.25, 0.3) is 0 Å². The van der Waals surface area contributed by atoms with Crippen molar-refractivity contribution in [3.05, 3.63) is 107 Å². The number of halogens is 2. The maximum atomic E-state index is 13.5. The first-order valence-corrected chi connectivity index (χ1v) is 50.6. The number of nitrogens with two attached hydrogens (primary N) is 3. The highest BCUT2D eigenvalue weighted by Gasteiger charge is 2.35. The summed E-state index contributed by atoms with van der Waals surface area (Å²) in [6.45, 7) is 28.5. The van der Waals surface area contributed by atoms with Crippen molar-refractivity contribution in [2.24, 2.45) is 69.0 Å². The molecule has 1 aliphatic heterocycles. The van der Waals surface area contributed by atoms with E-state index < -0.39 is 93.8 Å². The smallest absolute Gasteiger partial charge is 0.312 e. The van der Waals surface area contributed by atoms with Crippen molar-refractivity contribution >= 4 is 168 Å². The van der Waals surface area contributed by atoms with Crippen LogP contribution in [0.2, 0.25) is 0 Å². The van der Waals surface area contributed by atoms with E-state index >= 15 is 0 Å². The summed E-state index contributed by atoms with van der Waals surface area (Å²) in [6, 6.07) is 16.4. The molecule has 4 rings (SSSR count). The molecule has 0 unspecified atom stereocenters. The van der Waals surface area contributed by atoms with Crippen LogP contribution in [0.15, 0.2) is 84.9 Å². The number of Topliss-reactive ketones (excluding diaryl/α,β-unsaturated/α-hetero) is 5. The number of rotatable bonds is 62. The molecular formula is C101H152BrIN14O23. The van der Waals surface area contributed by atoms with Gasteiger partial charge in [0.05, 0.1) is 44.1 Å². The van der Waals surface area contributed by atoms with E-state index in [1.54, 1.807) is 135 Å². The summed E-state index contributed by atoms with van der Waals surface area (Å²) < 4.78 is 16.4. The number of ketones is 5. The second-order valence-corrected chi connectivity index (χ2v) is 40.2. The number of nitrogens with one attached hydrogen (secondary N) is 10. The quantitative estimate of drug-likeness (QED) is 0.00623. The van der Waals surface area contributed by atoms with E-state index in [4.69, 9.17) is 31.4 Å². The summed E-state index contributed by atoms with van der Waals surface area (Å²) in [4.78, 5) is 247. The van der Waals surface area contributed by atoms with Gasteiger partial charge in [-0.15, -0.1) is 0 Å². The molecule has 1 heterocycles. The topological polar surface area (TPSA) is 571 Å². The van der Waals surface area contributed by atoms with Crippen LogP contribution in [0.5, 0.6) is 0 Å². The van der Waals surface area contributed by atoms with Crippen LogP contribution in [0.3, 0.4) is 0 Å². The highest BCUT2D eigenvalue weighted by molar-refractivity contribution is 14.1. The van der Waals surface area contributed by atoms with Crippen LogP contribution < -0.4 is 70.4 Å². The number of urea groups is 3. The third kappa shape index (κ3) is 54.4. The van der Waals surface area contributed by atoms with Gasteiger partial charge in [0.1, 0.15) is 37.9 Å². The van der Waals surface area contributed by atoms with Crippen molar-refractivity contribution in [3.63, 3.8) is 0 Å². The van der Waals surface area contributed by atoms with E-state index in [9.17, 15) is 95.9 Å². The van der Waals surface area contributed by atoms with Crippen LogP contribution in [0, 0.1) is 51.8 Å². The SMILES string of the molecule is CC(C)[C@H](CC(=O)CCCCCNC(=O)CN1C(=O)C=CC1=O)C(=O)N[C@@H](CCCNC(N)=O)C(=O)Cc1ccc(COC(=O)C(C)(C)C)cc1.CC(C)[C@H](NC(=O)CCCCCCC(=O)CBr)C(=O)C[C@@H](CCCNC(N)=O)C(=O)Nc1ccc(COC(=O)C(C)(C)C)cc1.CC(C)[C@H](NC(=O)CCCCNC(=O)CI)C(=O)C[C@@H](CCCNC(N)=O)C(=O)Nc1ccc(COC(=O)C(C)(C)C)cc1. The van der Waals surface area contributed by atoms with E-state index in [1.807, 2.05) is 64.1 Å². The molecule has 0 aromatic heterocycles. The fourth-order valence-corrected chi connectivity index (χ4v) is 14.3. The highest BCUT2D eigenvalue weighted by atomic mass is 127. The molecule has 6 atom stereocenters. The molecule has 0 aliphatic carbocycles. The Hall–Kier alpha value is -11.4. The lowest BCUT2D eigenvalue weighted by Crippen LogP contribution is -2.46. The second kappa shape index (κ2) is 66.3. The van der Waals surface area contributed by atoms with Crippen molar-refractivity contribution in [1.29, 1.82) is 0 Å². The Morgan fingerprint density at radius 2 is 0.721 bits per heavy atom. The summed E-state index contributed by atoms with van der Waals surface area (Å²) in [5.74, 6) is -7.44. The van der Waals surface area contributed by atoms with E-state index in [0.29, 0.717) is 117 Å². The molecule has 16 N–H and O–H groups in total. The predicted molar refractivity (Wildman–Crippen MR) is 543 cm³/mol. The van der Waals surface area contributed by atoms with Gasteiger partial charge < -0.3 is 84.6 Å². The van der Waals surface area contributed by atoms with Crippen molar-refractivity contribution in [2.75, 3.05) is 59.7 Å². The van der Waals surface area contributed by atoms with E-state index in [2.05, 4.69) is 69.1 Å².